The lowest BCUT2D eigenvalue weighted by molar-refractivity contribution is -0.161. The maximum absolute atomic E-state index is 10.7. The third-order valence-corrected chi connectivity index (χ3v) is 1.22. The first kappa shape index (κ1) is 11.6. The molecule has 13 heavy (non-hydrogen) atoms. The minimum Gasteiger partial charge on any atom is -0.480 e. The van der Waals surface area contributed by atoms with Gasteiger partial charge >= 0.3 is 17.9 Å². The van der Waals surface area contributed by atoms with Gasteiger partial charge in [0.2, 0.25) is 0 Å². The molecule has 0 amide bonds. The van der Waals surface area contributed by atoms with Crippen LogP contribution >= 0.6 is 0 Å². The van der Waals surface area contributed by atoms with Crippen LogP contribution in [-0.4, -0.2) is 29.1 Å². The normalized spacial score (nSPS) is 11.8. The second kappa shape index (κ2) is 5.26. The first-order valence-electron chi connectivity index (χ1n) is 3.69. The molecular formula is C7H11NO5. The van der Waals surface area contributed by atoms with E-state index in [9.17, 15) is 14.4 Å². The van der Waals surface area contributed by atoms with Crippen LogP contribution in [0.2, 0.25) is 0 Å². The molecule has 6 nitrogen and oxygen atoms in total. The summed E-state index contributed by atoms with van der Waals surface area (Å²) in [6.07, 6.45) is -0.435. The predicted molar refractivity (Wildman–Crippen MR) is 41.6 cm³/mol. The summed E-state index contributed by atoms with van der Waals surface area (Å²) in [5, 5.41) is 8.30. The van der Waals surface area contributed by atoms with Gasteiger partial charge in [-0.3, -0.25) is 14.4 Å². The van der Waals surface area contributed by atoms with Crippen LogP contribution in [0.5, 0.6) is 0 Å². The second-order valence-corrected chi connectivity index (χ2v) is 2.35. The van der Waals surface area contributed by atoms with Crippen molar-refractivity contribution in [2.24, 2.45) is 5.73 Å². The first-order chi connectivity index (χ1) is 5.97. The number of ether oxygens (including phenoxy) is 1. The Bertz CT molecular complexity index is 225. The standard InChI is InChI=1S/C7H11NO5/c1-2-5(9)13-6(10)3-4(8)7(11)12/h4H,2-3,8H2,1H3,(H,11,12)/t4-/m0/s1. The number of hydrogen-bond donors (Lipinski definition) is 2. The predicted octanol–water partition coefficient (Wildman–Crippen LogP) is -0.732. The Morgan fingerprint density at radius 1 is 1.38 bits per heavy atom. The molecule has 0 radical (unpaired) electrons. The number of hydrogen-bond acceptors (Lipinski definition) is 5. The molecule has 0 aliphatic carbocycles. The number of esters is 2. The number of carboxylic acids is 1. The highest BCUT2D eigenvalue weighted by Gasteiger charge is 2.18. The fraction of sp³-hybridized carbons (Fsp3) is 0.571. The Labute approximate surface area is 74.7 Å². The molecule has 0 bridgehead atoms. The van der Waals surface area contributed by atoms with Crippen LogP contribution in [0.15, 0.2) is 0 Å². The Hall–Kier alpha value is -1.43. The average molecular weight is 189 g/mol. The van der Waals surface area contributed by atoms with Crippen molar-refractivity contribution in [3.8, 4) is 0 Å². The largest absolute Gasteiger partial charge is 0.480 e. The summed E-state index contributed by atoms with van der Waals surface area (Å²) in [6, 6.07) is -1.32. The smallest absolute Gasteiger partial charge is 0.321 e. The van der Waals surface area contributed by atoms with Crippen molar-refractivity contribution in [1.29, 1.82) is 0 Å². The molecule has 74 valence electrons. The molecule has 0 unspecified atom stereocenters. The van der Waals surface area contributed by atoms with Crippen molar-refractivity contribution in [3.63, 3.8) is 0 Å². The van der Waals surface area contributed by atoms with Crippen molar-refractivity contribution in [2.75, 3.05) is 0 Å². The molecule has 0 rings (SSSR count). The van der Waals surface area contributed by atoms with Crippen molar-refractivity contribution >= 4 is 17.9 Å². The van der Waals surface area contributed by atoms with Crippen molar-refractivity contribution in [2.45, 2.75) is 25.8 Å². The van der Waals surface area contributed by atoms with Crippen LogP contribution in [0.4, 0.5) is 0 Å². The molecule has 0 aromatic rings. The van der Waals surface area contributed by atoms with Crippen molar-refractivity contribution < 1.29 is 24.2 Å². The molecule has 0 aromatic heterocycles. The van der Waals surface area contributed by atoms with Gasteiger partial charge in [0.15, 0.2) is 0 Å². The summed E-state index contributed by atoms with van der Waals surface area (Å²) in [5.41, 5.74) is 5.02. The van der Waals surface area contributed by atoms with E-state index in [-0.39, 0.29) is 6.42 Å². The van der Waals surface area contributed by atoms with Crippen LogP contribution in [0.1, 0.15) is 19.8 Å². The van der Waals surface area contributed by atoms with Crippen molar-refractivity contribution in [1.82, 2.24) is 0 Å². The lowest BCUT2D eigenvalue weighted by Crippen LogP contribution is -2.33. The molecule has 0 aliphatic heterocycles. The Morgan fingerprint density at radius 2 is 1.92 bits per heavy atom. The highest BCUT2D eigenvalue weighted by molar-refractivity contribution is 5.88. The van der Waals surface area contributed by atoms with E-state index in [2.05, 4.69) is 4.74 Å². The van der Waals surface area contributed by atoms with E-state index in [1.165, 1.54) is 6.92 Å². The maximum Gasteiger partial charge on any atom is 0.321 e. The average Bonchev–Trinajstić information content (AvgIpc) is 2.03. The van der Waals surface area contributed by atoms with E-state index in [0.29, 0.717) is 0 Å². The van der Waals surface area contributed by atoms with Crippen LogP contribution < -0.4 is 5.73 Å². The van der Waals surface area contributed by atoms with Crippen molar-refractivity contribution in [3.05, 3.63) is 0 Å². The molecule has 0 aliphatic rings. The Balaban J connectivity index is 3.88. The van der Waals surface area contributed by atoms with Gasteiger partial charge in [0, 0.05) is 6.42 Å². The van der Waals surface area contributed by atoms with Gasteiger partial charge in [-0.05, 0) is 0 Å². The number of carbonyl (C=O) groups is 3. The van der Waals surface area contributed by atoms with Gasteiger partial charge in [-0.15, -0.1) is 0 Å². The zero-order chi connectivity index (χ0) is 10.4. The summed E-state index contributed by atoms with van der Waals surface area (Å²) in [5.74, 6) is -2.91. The van der Waals surface area contributed by atoms with Crippen LogP contribution in [-0.2, 0) is 19.1 Å². The van der Waals surface area contributed by atoms with Gasteiger partial charge in [-0.25, -0.2) is 0 Å². The van der Waals surface area contributed by atoms with Gasteiger partial charge < -0.3 is 15.6 Å². The molecule has 3 N–H and O–H groups in total. The van der Waals surface area contributed by atoms with Gasteiger partial charge in [-0.2, -0.15) is 0 Å². The van der Waals surface area contributed by atoms with E-state index in [4.69, 9.17) is 10.8 Å². The minimum atomic E-state index is -1.32. The molecule has 0 aromatic carbocycles. The van der Waals surface area contributed by atoms with Crippen LogP contribution in [0.3, 0.4) is 0 Å². The zero-order valence-corrected chi connectivity index (χ0v) is 7.15. The molecule has 0 spiro atoms. The maximum atomic E-state index is 10.7. The number of nitrogens with two attached hydrogens (primary N) is 1. The SMILES string of the molecule is CCC(=O)OC(=O)C[C@H](N)C(=O)O. The molecule has 0 heterocycles. The summed E-state index contributed by atoms with van der Waals surface area (Å²) < 4.78 is 4.20. The molecule has 6 heteroatoms. The van der Waals surface area contributed by atoms with E-state index < -0.39 is 30.4 Å². The molecule has 0 saturated heterocycles. The number of rotatable bonds is 4. The van der Waals surface area contributed by atoms with Crippen LogP contribution in [0, 0.1) is 0 Å². The fourth-order valence-electron chi connectivity index (χ4n) is 0.508. The van der Waals surface area contributed by atoms with Crippen LogP contribution in [0.25, 0.3) is 0 Å². The first-order valence-corrected chi connectivity index (χ1v) is 3.69. The zero-order valence-electron chi connectivity index (χ0n) is 7.15. The lowest BCUT2D eigenvalue weighted by atomic mass is 10.2. The Morgan fingerprint density at radius 3 is 2.31 bits per heavy atom. The van der Waals surface area contributed by atoms with E-state index in [1.807, 2.05) is 0 Å². The van der Waals surface area contributed by atoms with Gasteiger partial charge in [-0.1, -0.05) is 6.92 Å². The van der Waals surface area contributed by atoms with E-state index in [0.717, 1.165) is 0 Å². The number of carbonyl (C=O) groups excluding carboxylic acids is 2. The third-order valence-electron chi connectivity index (χ3n) is 1.22. The highest BCUT2D eigenvalue weighted by Crippen LogP contribution is 1.94. The number of carboxylic acid groups (broad SMARTS) is 1. The lowest BCUT2D eigenvalue weighted by Gasteiger charge is -2.04. The monoisotopic (exact) mass is 189 g/mol. The Kier molecular flexibility index (Phi) is 4.68. The number of aliphatic carboxylic acids is 1. The third kappa shape index (κ3) is 4.91. The summed E-state index contributed by atoms with van der Waals surface area (Å²) in [7, 11) is 0. The molecule has 0 fully saturated rings. The van der Waals surface area contributed by atoms with Gasteiger partial charge in [0.25, 0.3) is 0 Å². The summed E-state index contributed by atoms with van der Waals surface area (Å²) >= 11 is 0. The van der Waals surface area contributed by atoms with Gasteiger partial charge in [0.05, 0.1) is 6.42 Å². The van der Waals surface area contributed by atoms with Gasteiger partial charge in [0.1, 0.15) is 6.04 Å². The molecule has 1 atom stereocenters. The molecular weight excluding hydrogens is 178 g/mol. The topological polar surface area (TPSA) is 107 Å². The summed E-state index contributed by atoms with van der Waals surface area (Å²) in [4.78, 5) is 31.5. The fourth-order valence-corrected chi connectivity index (χ4v) is 0.508. The van der Waals surface area contributed by atoms with E-state index >= 15 is 0 Å². The summed E-state index contributed by atoms with van der Waals surface area (Å²) in [6.45, 7) is 1.52. The molecule has 0 saturated carbocycles. The minimum absolute atomic E-state index is 0.0635. The second-order valence-electron chi connectivity index (χ2n) is 2.35. The highest BCUT2D eigenvalue weighted by atomic mass is 16.6. The quantitative estimate of drug-likeness (QED) is 0.446. The van der Waals surface area contributed by atoms with E-state index in [1.54, 1.807) is 0 Å².